The summed E-state index contributed by atoms with van der Waals surface area (Å²) in [4.78, 5) is 27.2. The van der Waals surface area contributed by atoms with Crippen molar-refractivity contribution >= 4 is 28.8 Å². The van der Waals surface area contributed by atoms with Gasteiger partial charge >= 0.3 is 0 Å². The van der Waals surface area contributed by atoms with E-state index in [1.54, 1.807) is 18.5 Å². The summed E-state index contributed by atoms with van der Waals surface area (Å²) in [7, 11) is 1.84. The molecule has 4 aromatic heterocycles. The molecule has 0 aliphatic carbocycles. The van der Waals surface area contributed by atoms with Crippen LogP contribution in [0.4, 0.5) is 5.82 Å². The Hall–Kier alpha value is -4.00. The molecule has 28 heavy (non-hydrogen) atoms. The Bertz CT molecular complexity index is 1190. The van der Waals surface area contributed by atoms with Crippen molar-refractivity contribution in [1.29, 1.82) is 0 Å². The molecular weight excluding hydrogens is 352 g/mol. The number of nitrogens with zero attached hydrogens (tertiary/aromatic N) is 3. The number of nitrogens with one attached hydrogen (secondary N) is 2. The maximum absolute atomic E-state index is 10.9. The highest BCUT2D eigenvalue weighted by molar-refractivity contribution is 5.96. The van der Waals surface area contributed by atoms with Crippen LogP contribution < -0.4 is 11.1 Å². The fourth-order valence-corrected chi connectivity index (χ4v) is 3.02. The molecule has 1 amide bonds. The van der Waals surface area contributed by atoms with Gasteiger partial charge in [0.1, 0.15) is 11.5 Å². The molecule has 0 spiro atoms. The third kappa shape index (κ3) is 3.45. The zero-order valence-electron chi connectivity index (χ0n) is 15.2. The van der Waals surface area contributed by atoms with Crippen LogP contribution in [-0.2, 0) is 4.79 Å². The van der Waals surface area contributed by atoms with E-state index in [4.69, 9.17) is 5.73 Å². The van der Waals surface area contributed by atoms with Crippen molar-refractivity contribution in [1.82, 2.24) is 19.9 Å². The van der Waals surface area contributed by atoms with E-state index >= 15 is 0 Å². The molecule has 7 heteroatoms. The molecule has 4 heterocycles. The van der Waals surface area contributed by atoms with Crippen molar-refractivity contribution in [3.8, 4) is 22.3 Å². The number of hydrogen-bond donors (Lipinski definition) is 3. The second-order valence-electron chi connectivity index (χ2n) is 6.21. The number of anilines is 1. The number of hydrogen-bond acceptors (Lipinski definition) is 5. The molecule has 0 atom stereocenters. The van der Waals surface area contributed by atoms with E-state index in [2.05, 4.69) is 31.3 Å². The lowest BCUT2D eigenvalue weighted by Gasteiger charge is -2.05. The summed E-state index contributed by atoms with van der Waals surface area (Å²) in [5.74, 6) is 0.293. The van der Waals surface area contributed by atoms with Crippen molar-refractivity contribution in [2.24, 2.45) is 5.73 Å². The summed E-state index contributed by atoms with van der Waals surface area (Å²) in [6.07, 6.45) is 10.1. The Balaban J connectivity index is 1.78. The molecule has 0 unspecified atom stereocenters. The first-order valence-electron chi connectivity index (χ1n) is 8.69. The van der Waals surface area contributed by atoms with Gasteiger partial charge in [-0.15, -0.1) is 0 Å². The summed E-state index contributed by atoms with van der Waals surface area (Å²) < 4.78 is 0. The standard InChI is InChI=1S/C21H18N6O/c1-23-20-10-14(5-7-25-20)18-12-27-21-17(18)9-15(11-26-21)13-4-6-24-16(8-13)2-3-19(22)28/h2-12H,1H3,(H2,22,28)(H,23,25)(H,26,27)/b3-2+. The van der Waals surface area contributed by atoms with Gasteiger partial charge in [0.25, 0.3) is 0 Å². The molecule has 0 aliphatic heterocycles. The van der Waals surface area contributed by atoms with E-state index < -0.39 is 5.91 Å². The third-order valence-electron chi connectivity index (χ3n) is 4.39. The zero-order valence-corrected chi connectivity index (χ0v) is 15.2. The molecular formula is C21H18N6O. The fraction of sp³-hybridized carbons (Fsp3) is 0.0476. The summed E-state index contributed by atoms with van der Waals surface area (Å²) >= 11 is 0. The van der Waals surface area contributed by atoms with Gasteiger partial charge in [0.15, 0.2) is 0 Å². The first kappa shape index (κ1) is 17.4. The lowest BCUT2D eigenvalue weighted by Crippen LogP contribution is -2.05. The zero-order chi connectivity index (χ0) is 19.5. The summed E-state index contributed by atoms with van der Waals surface area (Å²) in [6, 6.07) is 9.84. The summed E-state index contributed by atoms with van der Waals surface area (Å²) in [5.41, 5.74) is 10.6. The van der Waals surface area contributed by atoms with Crippen molar-refractivity contribution < 1.29 is 4.79 Å². The number of aromatic amines is 1. The molecule has 0 fully saturated rings. The Labute approximate surface area is 161 Å². The molecule has 0 saturated carbocycles. The smallest absolute Gasteiger partial charge is 0.241 e. The lowest BCUT2D eigenvalue weighted by atomic mass is 10.0. The average molecular weight is 370 g/mol. The molecule has 0 radical (unpaired) electrons. The van der Waals surface area contributed by atoms with E-state index in [0.29, 0.717) is 5.69 Å². The maximum Gasteiger partial charge on any atom is 0.241 e. The Morgan fingerprint density at radius 1 is 1.07 bits per heavy atom. The van der Waals surface area contributed by atoms with Gasteiger partial charge in [-0.05, 0) is 47.5 Å². The van der Waals surface area contributed by atoms with Crippen LogP contribution in [0.25, 0.3) is 39.4 Å². The van der Waals surface area contributed by atoms with Gasteiger partial charge in [0.05, 0.1) is 5.69 Å². The monoisotopic (exact) mass is 370 g/mol. The normalized spacial score (nSPS) is 11.2. The van der Waals surface area contributed by atoms with Gasteiger partial charge in [-0.1, -0.05) is 0 Å². The minimum atomic E-state index is -0.509. The van der Waals surface area contributed by atoms with Crippen LogP contribution in [0.1, 0.15) is 5.69 Å². The van der Waals surface area contributed by atoms with Crippen LogP contribution in [-0.4, -0.2) is 32.9 Å². The van der Waals surface area contributed by atoms with Gasteiger partial charge in [-0.25, -0.2) is 9.97 Å². The molecule has 4 aromatic rings. The number of pyridine rings is 3. The summed E-state index contributed by atoms with van der Waals surface area (Å²) in [6.45, 7) is 0. The number of fused-ring (bicyclic) bond motifs is 1. The Kier molecular flexibility index (Phi) is 4.55. The molecule has 0 aromatic carbocycles. The van der Waals surface area contributed by atoms with Crippen molar-refractivity contribution in [2.75, 3.05) is 12.4 Å². The fourth-order valence-electron chi connectivity index (χ4n) is 3.02. The van der Waals surface area contributed by atoms with Crippen LogP contribution in [0.15, 0.2) is 61.2 Å². The predicted octanol–water partition coefficient (Wildman–Crippen LogP) is 3.23. The van der Waals surface area contributed by atoms with Gasteiger partial charge < -0.3 is 16.0 Å². The molecule has 0 bridgehead atoms. The number of amides is 1. The number of primary amides is 1. The number of rotatable bonds is 5. The second kappa shape index (κ2) is 7.32. The largest absolute Gasteiger partial charge is 0.373 e. The van der Waals surface area contributed by atoms with Crippen molar-refractivity contribution in [2.45, 2.75) is 0 Å². The van der Waals surface area contributed by atoms with Crippen molar-refractivity contribution in [3.05, 3.63) is 66.9 Å². The highest BCUT2D eigenvalue weighted by atomic mass is 16.1. The van der Waals surface area contributed by atoms with E-state index in [9.17, 15) is 4.79 Å². The highest BCUT2D eigenvalue weighted by Crippen LogP contribution is 2.31. The van der Waals surface area contributed by atoms with Gasteiger partial charge in [0, 0.05) is 54.4 Å². The number of carbonyl (C=O) groups is 1. The second-order valence-corrected chi connectivity index (χ2v) is 6.21. The van der Waals surface area contributed by atoms with Crippen LogP contribution in [0.3, 0.4) is 0 Å². The van der Waals surface area contributed by atoms with E-state index in [0.717, 1.165) is 39.1 Å². The lowest BCUT2D eigenvalue weighted by molar-refractivity contribution is -0.113. The number of nitrogens with two attached hydrogens (primary N) is 1. The number of H-pyrrole nitrogens is 1. The summed E-state index contributed by atoms with van der Waals surface area (Å²) in [5, 5.41) is 4.07. The Morgan fingerprint density at radius 3 is 2.71 bits per heavy atom. The van der Waals surface area contributed by atoms with Gasteiger partial charge in [-0.2, -0.15) is 0 Å². The maximum atomic E-state index is 10.9. The van der Waals surface area contributed by atoms with E-state index in [-0.39, 0.29) is 0 Å². The van der Waals surface area contributed by atoms with Crippen LogP contribution in [0.2, 0.25) is 0 Å². The molecule has 0 aliphatic rings. The minimum Gasteiger partial charge on any atom is -0.373 e. The van der Waals surface area contributed by atoms with Gasteiger partial charge in [0.2, 0.25) is 5.91 Å². The quantitative estimate of drug-likeness (QED) is 0.467. The minimum absolute atomic E-state index is 0.509. The van der Waals surface area contributed by atoms with Gasteiger partial charge in [-0.3, -0.25) is 9.78 Å². The van der Waals surface area contributed by atoms with Crippen LogP contribution in [0.5, 0.6) is 0 Å². The molecule has 7 nitrogen and oxygen atoms in total. The SMILES string of the molecule is CNc1cc(-c2c[nH]c3ncc(-c4ccnc(/C=C/C(N)=O)c4)cc23)ccn1. The first-order valence-corrected chi connectivity index (χ1v) is 8.69. The predicted molar refractivity (Wildman–Crippen MR) is 110 cm³/mol. The van der Waals surface area contributed by atoms with E-state index in [1.807, 2.05) is 43.7 Å². The van der Waals surface area contributed by atoms with Crippen LogP contribution >= 0.6 is 0 Å². The Morgan fingerprint density at radius 2 is 1.89 bits per heavy atom. The van der Waals surface area contributed by atoms with Crippen molar-refractivity contribution in [3.63, 3.8) is 0 Å². The van der Waals surface area contributed by atoms with E-state index in [1.165, 1.54) is 6.08 Å². The first-order chi connectivity index (χ1) is 13.6. The molecule has 138 valence electrons. The van der Waals surface area contributed by atoms with Crippen LogP contribution in [0, 0.1) is 0 Å². The molecule has 4 rings (SSSR count). The average Bonchev–Trinajstić information content (AvgIpc) is 3.16. The molecule has 0 saturated heterocycles. The number of aromatic nitrogens is 4. The highest BCUT2D eigenvalue weighted by Gasteiger charge is 2.10. The number of carbonyl (C=O) groups excluding carboxylic acids is 1. The molecule has 4 N–H and O–H groups in total. The third-order valence-corrected chi connectivity index (χ3v) is 4.39. The topological polar surface area (TPSA) is 110 Å².